The van der Waals surface area contributed by atoms with E-state index in [4.69, 9.17) is 18.0 Å². The molecule has 1 atom stereocenters. The molecule has 0 saturated heterocycles. The van der Waals surface area contributed by atoms with E-state index < -0.39 is 0 Å². The van der Waals surface area contributed by atoms with E-state index in [-0.39, 0.29) is 0 Å². The molecule has 1 aliphatic rings. The summed E-state index contributed by atoms with van der Waals surface area (Å²) < 4.78 is 0. The first-order chi connectivity index (χ1) is 6.20. The summed E-state index contributed by atoms with van der Waals surface area (Å²) in [5, 5.41) is 3.54. The van der Waals surface area contributed by atoms with Crippen molar-refractivity contribution in [2.75, 3.05) is 6.54 Å². The molecule has 0 bridgehead atoms. The van der Waals surface area contributed by atoms with Gasteiger partial charge in [0.25, 0.3) is 0 Å². The molecule has 76 valence electrons. The zero-order valence-electron chi connectivity index (χ0n) is 8.38. The Morgan fingerprint density at radius 2 is 2.08 bits per heavy atom. The van der Waals surface area contributed by atoms with Gasteiger partial charge >= 0.3 is 0 Å². The standard InChI is InChI=1S/C10H20N2S/c1-8(10(11)13)7-12-9-5-3-2-4-6-9/h8-9,12H,2-7H2,1H3,(H2,11,13). The smallest absolute Gasteiger partial charge is 0.0768 e. The molecule has 13 heavy (non-hydrogen) atoms. The molecule has 1 saturated carbocycles. The molecule has 1 aliphatic carbocycles. The molecule has 0 spiro atoms. The largest absolute Gasteiger partial charge is 0.393 e. The van der Waals surface area contributed by atoms with Crippen LogP contribution in [-0.2, 0) is 0 Å². The summed E-state index contributed by atoms with van der Waals surface area (Å²) in [6, 6.07) is 0.713. The van der Waals surface area contributed by atoms with Gasteiger partial charge in [0.05, 0.1) is 4.99 Å². The lowest BCUT2D eigenvalue weighted by molar-refractivity contribution is 0.367. The van der Waals surface area contributed by atoms with Crippen LogP contribution in [0.15, 0.2) is 0 Å². The summed E-state index contributed by atoms with van der Waals surface area (Å²) in [5.41, 5.74) is 5.54. The maximum atomic E-state index is 5.54. The first-order valence-corrected chi connectivity index (χ1v) is 5.63. The van der Waals surface area contributed by atoms with Crippen molar-refractivity contribution >= 4 is 17.2 Å². The van der Waals surface area contributed by atoms with Gasteiger partial charge in [-0.1, -0.05) is 38.4 Å². The highest BCUT2D eigenvalue weighted by atomic mass is 32.1. The van der Waals surface area contributed by atoms with Crippen LogP contribution in [0.2, 0.25) is 0 Å². The summed E-state index contributed by atoms with van der Waals surface area (Å²) in [6.45, 7) is 3.03. The number of nitrogens with one attached hydrogen (secondary N) is 1. The van der Waals surface area contributed by atoms with Crippen molar-refractivity contribution in [2.24, 2.45) is 11.7 Å². The Kier molecular flexibility index (Phi) is 4.67. The van der Waals surface area contributed by atoms with E-state index >= 15 is 0 Å². The predicted molar refractivity (Wildman–Crippen MR) is 60.8 cm³/mol. The first-order valence-electron chi connectivity index (χ1n) is 5.23. The second-order valence-corrected chi connectivity index (χ2v) is 4.52. The number of rotatable bonds is 4. The quantitative estimate of drug-likeness (QED) is 0.680. The van der Waals surface area contributed by atoms with Crippen molar-refractivity contribution in [3.8, 4) is 0 Å². The molecular weight excluding hydrogens is 180 g/mol. The van der Waals surface area contributed by atoms with Crippen LogP contribution >= 0.6 is 12.2 Å². The van der Waals surface area contributed by atoms with Gasteiger partial charge in [0, 0.05) is 18.5 Å². The fourth-order valence-corrected chi connectivity index (χ4v) is 1.83. The van der Waals surface area contributed by atoms with Gasteiger partial charge in [-0.05, 0) is 12.8 Å². The molecule has 0 heterocycles. The lowest BCUT2D eigenvalue weighted by Crippen LogP contribution is -2.37. The molecule has 0 aliphatic heterocycles. The SMILES string of the molecule is CC(CNC1CCCCC1)C(N)=S. The zero-order chi connectivity index (χ0) is 9.68. The zero-order valence-corrected chi connectivity index (χ0v) is 9.20. The fourth-order valence-electron chi connectivity index (χ4n) is 1.75. The molecule has 3 N–H and O–H groups in total. The minimum Gasteiger partial charge on any atom is -0.393 e. The van der Waals surface area contributed by atoms with Crippen LogP contribution in [0.5, 0.6) is 0 Å². The Morgan fingerprint density at radius 1 is 1.46 bits per heavy atom. The third kappa shape index (κ3) is 4.05. The van der Waals surface area contributed by atoms with E-state index in [1.165, 1.54) is 32.1 Å². The molecule has 1 fully saturated rings. The third-order valence-electron chi connectivity index (χ3n) is 2.80. The maximum Gasteiger partial charge on any atom is 0.0768 e. The normalized spacial score (nSPS) is 21.3. The average molecular weight is 200 g/mol. The summed E-state index contributed by atoms with van der Waals surface area (Å²) in [7, 11) is 0. The van der Waals surface area contributed by atoms with E-state index in [1.807, 2.05) is 0 Å². The van der Waals surface area contributed by atoms with E-state index in [0.29, 0.717) is 16.9 Å². The lowest BCUT2D eigenvalue weighted by Gasteiger charge is -2.24. The van der Waals surface area contributed by atoms with Gasteiger partial charge in [0.1, 0.15) is 0 Å². The minimum atomic E-state index is 0.330. The van der Waals surface area contributed by atoms with Crippen LogP contribution in [-0.4, -0.2) is 17.6 Å². The summed E-state index contributed by atoms with van der Waals surface area (Å²) in [5.74, 6) is 0.330. The Morgan fingerprint density at radius 3 is 2.62 bits per heavy atom. The molecule has 0 radical (unpaired) electrons. The fraction of sp³-hybridized carbons (Fsp3) is 0.900. The van der Waals surface area contributed by atoms with Crippen molar-refractivity contribution in [3.05, 3.63) is 0 Å². The first kappa shape index (κ1) is 10.9. The Balaban J connectivity index is 2.13. The molecule has 0 aromatic heterocycles. The topological polar surface area (TPSA) is 38.0 Å². The van der Waals surface area contributed by atoms with E-state index in [0.717, 1.165) is 6.54 Å². The molecule has 3 heteroatoms. The van der Waals surface area contributed by atoms with Crippen molar-refractivity contribution in [1.82, 2.24) is 5.32 Å². The van der Waals surface area contributed by atoms with Gasteiger partial charge in [-0.25, -0.2) is 0 Å². The predicted octanol–water partition coefficient (Wildman–Crippen LogP) is 1.83. The number of thiocarbonyl (C=S) groups is 1. The maximum absolute atomic E-state index is 5.54. The Bertz CT molecular complexity index is 164. The van der Waals surface area contributed by atoms with Crippen LogP contribution < -0.4 is 11.1 Å². The van der Waals surface area contributed by atoms with Crippen molar-refractivity contribution in [1.29, 1.82) is 0 Å². The van der Waals surface area contributed by atoms with Gasteiger partial charge in [-0.15, -0.1) is 0 Å². The van der Waals surface area contributed by atoms with Gasteiger partial charge in [-0.2, -0.15) is 0 Å². The third-order valence-corrected chi connectivity index (χ3v) is 3.21. The van der Waals surface area contributed by atoms with Gasteiger partial charge in [0.2, 0.25) is 0 Å². The second-order valence-electron chi connectivity index (χ2n) is 4.05. The van der Waals surface area contributed by atoms with Crippen molar-refractivity contribution < 1.29 is 0 Å². The van der Waals surface area contributed by atoms with Crippen LogP contribution in [0.3, 0.4) is 0 Å². The highest BCUT2D eigenvalue weighted by molar-refractivity contribution is 7.80. The Hall–Kier alpha value is -0.150. The number of hydrogen-bond donors (Lipinski definition) is 2. The monoisotopic (exact) mass is 200 g/mol. The average Bonchev–Trinajstić information content (AvgIpc) is 2.15. The molecule has 1 unspecified atom stereocenters. The van der Waals surface area contributed by atoms with Crippen LogP contribution in [0.25, 0.3) is 0 Å². The highest BCUT2D eigenvalue weighted by Gasteiger charge is 2.14. The number of nitrogens with two attached hydrogens (primary N) is 1. The van der Waals surface area contributed by atoms with Crippen LogP contribution in [0.1, 0.15) is 39.0 Å². The lowest BCUT2D eigenvalue weighted by atomic mass is 9.95. The van der Waals surface area contributed by atoms with E-state index in [1.54, 1.807) is 0 Å². The van der Waals surface area contributed by atoms with Gasteiger partial charge in [0.15, 0.2) is 0 Å². The van der Waals surface area contributed by atoms with Crippen molar-refractivity contribution in [3.63, 3.8) is 0 Å². The molecule has 0 aromatic rings. The van der Waals surface area contributed by atoms with Crippen LogP contribution in [0, 0.1) is 5.92 Å². The van der Waals surface area contributed by atoms with E-state index in [2.05, 4.69) is 12.2 Å². The van der Waals surface area contributed by atoms with Crippen molar-refractivity contribution in [2.45, 2.75) is 45.1 Å². The molecular formula is C10H20N2S. The number of hydrogen-bond acceptors (Lipinski definition) is 2. The van der Waals surface area contributed by atoms with Crippen LogP contribution in [0.4, 0.5) is 0 Å². The van der Waals surface area contributed by atoms with Gasteiger partial charge < -0.3 is 11.1 Å². The summed E-state index contributed by atoms with van der Waals surface area (Å²) in [6.07, 6.45) is 6.80. The molecule has 0 amide bonds. The minimum absolute atomic E-state index is 0.330. The molecule has 0 aromatic carbocycles. The molecule has 1 rings (SSSR count). The van der Waals surface area contributed by atoms with Gasteiger partial charge in [-0.3, -0.25) is 0 Å². The second kappa shape index (κ2) is 5.55. The summed E-state index contributed by atoms with van der Waals surface area (Å²) >= 11 is 4.92. The Labute approximate surface area is 86.3 Å². The molecule has 2 nitrogen and oxygen atoms in total. The summed E-state index contributed by atoms with van der Waals surface area (Å²) in [4.78, 5) is 0.628. The highest BCUT2D eigenvalue weighted by Crippen LogP contribution is 2.17. The van der Waals surface area contributed by atoms with E-state index in [9.17, 15) is 0 Å².